The molecule has 0 aliphatic carbocycles. The predicted octanol–water partition coefficient (Wildman–Crippen LogP) is 6.18. The van der Waals surface area contributed by atoms with E-state index in [1.54, 1.807) is 11.3 Å². The zero-order valence-electron chi connectivity index (χ0n) is 15.7. The maximum absolute atomic E-state index is 6.47. The van der Waals surface area contributed by atoms with E-state index in [9.17, 15) is 0 Å². The number of fused-ring (bicyclic) bond motifs is 2. The Morgan fingerprint density at radius 2 is 1.93 bits per heavy atom. The lowest BCUT2D eigenvalue weighted by Crippen LogP contribution is -2.16. The Balaban J connectivity index is 1.80. The van der Waals surface area contributed by atoms with Crippen molar-refractivity contribution >= 4 is 61.3 Å². The fraction of sp³-hybridized carbons (Fsp3) is 0.238. The topological polar surface area (TPSA) is 41.0 Å². The maximum atomic E-state index is 6.47. The molecule has 0 radical (unpaired) electrons. The van der Waals surface area contributed by atoms with Crippen molar-refractivity contribution in [3.63, 3.8) is 0 Å². The molecule has 2 heterocycles. The van der Waals surface area contributed by atoms with Gasteiger partial charge >= 0.3 is 0 Å². The minimum atomic E-state index is 0.620. The molecule has 0 atom stereocenters. The van der Waals surface area contributed by atoms with Gasteiger partial charge in [0.25, 0.3) is 0 Å². The van der Waals surface area contributed by atoms with Crippen molar-refractivity contribution in [1.82, 2.24) is 14.9 Å². The van der Waals surface area contributed by atoms with E-state index in [0.29, 0.717) is 15.9 Å². The number of para-hydroxylation sites is 1. The molecule has 4 rings (SSSR count). The molecule has 0 spiro atoms. The van der Waals surface area contributed by atoms with Crippen LogP contribution in [0.2, 0.25) is 10.0 Å². The first kappa shape index (κ1) is 19.4. The van der Waals surface area contributed by atoms with E-state index >= 15 is 0 Å². The van der Waals surface area contributed by atoms with Gasteiger partial charge in [-0.05, 0) is 57.4 Å². The molecule has 7 heteroatoms. The van der Waals surface area contributed by atoms with E-state index in [2.05, 4.69) is 29.7 Å². The number of thiophene rings is 1. The minimum absolute atomic E-state index is 0.620. The van der Waals surface area contributed by atoms with Crippen LogP contribution in [0.3, 0.4) is 0 Å². The van der Waals surface area contributed by atoms with E-state index in [1.165, 1.54) is 0 Å². The summed E-state index contributed by atoms with van der Waals surface area (Å²) in [6, 6.07) is 11.7. The molecule has 4 aromatic rings. The second-order valence-corrected chi connectivity index (χ2v) is 8.66. The lowest BCUT2D eigenvalue weighted by atomic mass is 10.1. The van der Waals surface area contributed by atoms with Gasteiger partial charge in [0.05, 0.1) is 10.5 Å². The molecule has 0 amide bonds. The first-order chi connectivity index (χ1) is 13.5. The molecule has 2 aromatic heterocycles. The summed E-state index contributed by atoms with van der Waals surface area (Å²) in [6.07, 6.45) is 1.02. The second kappa shape index (κ2) is 8.21. The van der Waals surface area contributed by atoms with Crippen molar-refractivity contribution in [2.24, 2.45) is 0 Å². The van der Waals surface area contributed by atoms with Crippen LogP contribution in [0.15, 0.2) is 41.8 Å². The van der Waals surface area contributed by atoms with Crippen molar-refractivity contribution in [3.8, 4) is 11.4 Å². The Labute approximate surface area is 178 Å². The lowest BCUT2D eigenvalue weighted by molar-refractivity contribution is 0.405. The zero-order valence-corrected chi connectivity index (χ0v) is 18.0. The van der Waals surface area contributed by atoms with Gasteiger partial charge in [0, 0.05) is 38.0 Å². The molecule has 0 aliphatic heterocycles. The van der Waals surface area contributed by atoms with Crippen LogP contribution in [-0.4, -0.2) is 42.1 Å². The number of anilines is 1. The van der Waals surface area contributed by atoms with Crippen LogP contribution in [0.1, 0.15) is 6.42 Å². The number of aromatic nitrogens is 2. The second-order valence-electron chi connectivity index (χ2n) is 6.91. The Morgan fingerprint density at radius 1 is 1.07 bits per heavy atom. The highest BCUT2D eigenvalue weighted by Crippen LogP contribution is 2.36. The first-order valence-corrected chi connectivity index (χ1v) is 10.7. The molecular formula is C21H20Cl2N4S. The van der Waals surface area contributed by atoms with Gasteiger partial charge in [-0.3, -0.25) is 0 Å². The fourth-order valence-electron chi connectivity index (χ4n) is 3.15. The van der Waals surface area contributed by atoms with Gasteiger partial charge in [0.1, 0.15) is 5.82 Å². The van der Waals surface area contributed by atoms with Gasteiger partial charge in [0.2, 0.25) is 0 Å². The standard InChI is InChI=1S/C21H20Cl2N4S/c1-27(2)10-4-9-24-20-14-5-3-6-17(23)19(14)25-21(26-20)16-12-28-18-8-7-13(22)11-15(16)18/h3,5-8,11-12H,4,9-10H2,1-2H3,(H,24,25,26). The van der Waals surface area contributed by atoms with E-state index in [4.69, 9.17) is 33.2 Å². The van der Waals surface area contributed by atoms with Crippen molar-refractivity contribution in [2.45, 2.75) is 6.42 Å². The maximum Gasteiger partial charge on any atom is 0.163 e. The summed E-state index contributed by atoms with van der Waals surface area (Å²) >= 11 is 14.3. The van der Waals surface area contributed by atoms with Crippen LogP contribution >= 0.6 is 34.5 Å². The monoisotopic (exact) mass is 430 g/mol. The Bertz CT molecular complexity index is 1140. The van der Waals surface area contributed by atoms with Gasteiger partial charge < -0.3 is 10.2 Å². The number of rotatable bonds is 6. The van der Waals surface area contributed by atoms with Crippen LogP contribution in [0, 0.1) is 0 Å². The quantitative estimate of drug-likeness (QED) is 0.370. The molecule has 28 heavy (non-hydrogen) atoms. The van der Waals surface area contributed by atoms with Gasteiger partial charge in [0.15, 0.2) is 5.82 Å². The van der Waals surface area contributed by atoms with Crippen LogP contribution in [0.5, 0.6) is 0 Å². The summed E-state index contributed by atoms with van der Waals surface area (Å²) in [4.78, 5) is 11.8. The minimum Gasteiger partial charge on any atom is -0.369 e. The molecule has 2 aromatic carbocycles. The van der Waals surface area contributed by atoms with E-state index < -0.39 is 0 Å². The van der Waals surface area contributed by atoms with Crippen LogP contribution in [0.4, 0.5) is 5.82 Å². The Hall–Kier alpha value is -1.92. The van der Waals surface area contributed by atoms with Gasteiger partial charge in [-0.2, -0.15) is 0 Å². The van der Waals surface area contributed by atoms with Gasteiger partial charge in [-0.25, -0.2) is 9.97 Å². The van der Waals surface area contributed by atoms with Crippen LogP contribution in [0.25, 0.3) is 32.4 Å². The first-order valence-electron chi connectivity index (χ1n) is 9.05. The Morgan fingerprint density at radius 3 is 2.75 bits per heavy atom. The van der Waals surface area contributed by atoms with Crippen molar-refractivity contribution in [2.75, 3.05) is 32.5 Å². The molecule has 0 saturated carbocycles. The van der Waals surface area contributed by atoms with E-state index in [-0.39, 0.29) is 0 Å². The number of nitrogens with one attached hydrogen (secondary N) is 1. The smallest absolute Gasteiger partial charge is 0.163 e. The normalized spacial score (nSPS) is 11.6. The van der Waals surface area contributed by atoms with E-state index in [0.717, 1.165) is 51.9 Å². The molecule has 0 aliphatic rings. The van der Waals surface area contributed by atoms with Crippen LogP contribution < -0.4 is 5.32 Å². The van der Waals surface area contributed by atoms with Gasteiger partial charge in [-0.15, -0.1) is 11.3 Å². The molecule has 4 nitrogen and oxygen atoms in total. The summed E-state index contributed by atoms with van der Waals surface area (Å²) in [6.45, 7) is 1.84. The van der Waals surface area contributed by atoms with Gasteiger partial charge in [-0.1, -0.05) is 29.3 Å². The largest absolute Gasteiger partial charge is 0.369 e. The highest BCUT2D eigenvalue weighted by Gasteiger charge is 2.15. The Kier molecular flexibility index (Phi) is 5.69. The highest BCUT2D eigenvalue weighted by atomic mass is 35.5. The number of halogens is 2. The third-order valence-electron chi connectivity index (χ3n) is 4.53. The predicted molar refractivity (Wildman–Crippen MR) is 122 cm³/mol. The summed E-state index contributed by atoms with van der Waals surface area (Å²) in [5.41, 5.74) is 1.73. The number of nitrogens with zero attached hydrogens (tertiary/aromatic N) is 3. The summed E-state index contributed by atoms with van der Waals surface area (Å²) in [5.74, 6) is 1.46. The van der Waals surface area contributed by atoms with E-state index in [1.807, 2.05) is 36.4 Å². The SMILES string of the molecule is CN(C)CCCNc1nc(-c2csc3ccc(Cl)cc23)nc2c(Cl)cccc12. The van der Waals surface area contributed by atoms with Crippen molar-refractivity contribution in [1.29, 1.82) is 0 Å². The number of hydrogen-bond donors (Lipinski definition) is 1. The molecule has 0 fully saturated rings. The third kappa shape index (κ3) is 3.94. The summed E-state index contributed by atoms with van der Waals surface area (Å²) < 4.78 is 1.16. The van der Waals surface area contributed by atoms with Crippen molar-refractivity contribution < 1.29 is 0 Å². The fourth-order valence-corrected chi connectivity index (χ4v) is 4.46. The molecule has 0 saturated heterocycles. The molecule has 0 bridgehead atoms. The number of benzene rings is 2. The van der Waals surface area contributed by atoms with Crippen LogP contribution in [-0.2, 0) is 0 Å². The average molecular weight is 431 g/mol. The lowest BCUT2D eigenvalue weighted by Gasteiger charge is -2.13. The van der Waals surface area contributed by atoms with Crippen molar-refractivity contribution in [3.05, 3.63) is 51.8 Å². The molecule has 144 valence electrons. The highest BCUT2D eigenvalue weighted by molar-refractivity contribution is 7.17. The average Bonchev–Trinajstić information content (AvgIpc) is 3.08. The summed E-state index contributed by atoms with van der Waals surface area (Å²) in [5, 5.41) is 8.86. The third-order valence-corrected chi connectivity index (χ3v) is 6.03. The molecule has 1 N–H and O–H groups in total. The molecule has 0 unspecified atom stereocenters. The number of hydrogen-bond acceptors (Lipinski definition) is 5. The zero-order chi connectivity index (χ0) is 19.7. The molecular weight excluding hydrogens is 411 g/mol. The summed E-state index contributed by atoms with van der Waals surface area (Å²) in [7, 11) is 4.15.